The largest absolute Gasteiger partial charge is 0.491 e. The van der Waals surface area contributed by atoms with Crippen LogP contribution in [0.25, 0.3) is 11.3 Å². The van der Waals surface area contributed by atoms with E-state index in [2.05, 4.69) is 15.2 Å². The molecule has 1 amide bonds. The molecule has 26 heavy (non-hydrogen) atoms. The number of aromatic nitrogens is 4. The normalized spacial score (nSPS) is 13.0. The number of fused-ring (bicyclic) bond motifs is 1. The Morgan fingerprint density at radius 3 is 2.73 bits per heavy atom. The van der Waals surface area contributed by atoms with Gasteiger partial charge < -0.3 is 9.47 Å². The van der Waals surface area contributed by atoms with E-state index in [9.17, 15) is 4.79 Å². The van der Waals surface area contributed by atoms with Crippen LogP contribution in [0.3, 0.4) is 0 Å². The first-order chi connectivity index (χ1) is 12.6. The van der Waals surface area contributed by atoms with Gasteiger partial charge in [-0.2, -0.15) is 5.10 Å². The third-order valence-electron chi connectivity index (χ3n) is 4.38. The van der Waals surface area contributed by atoms with Crippen molar-refractivity contribution in [3.8, 4) is 22.9 Å². The topological polar surface area (TPSA) is 93.2 Å². The van der Waals surface area contributed by atoms with Crippen molar-refractivity contribution in [3.63, 3.8) is 0 Å². The summed E-state index contributed by atoms with van der Waals surface area (Å²) < 4.78 is 10.5. The van der Waals surface area contributed by atoms with E-state index >= 15 is 0 Å². The fourth-order valence-electron chi connectivity index (χ4n) is 3.12. The highest BCUT2D eigenvalue weighted by molar-refractivity contribution is 6.10. The SMILES string of the molecule is COc1cc(-c2cc(C)c3c(n2)CN(c2cn[nH]c2)C3=O)cnc1OC. The van der Waals surface area contributed by atoms with Crippen LogP contribution in [0.4, 0.5) is 5.69 Å². The number of ether oxygens (including phenoxy) is 2. The van der Waals surface area contributed by atoms with E-state index in [-0.39, 0.29) is 5.91 Å². The van der Waals surface area contributed by atoms with E-state index in [4.69, 9.17) is 14.5 Å². The maximum atomic E-state index is 12.7. The molecule has 0 fully saturated rings. The predicted molar refractivity (Wildman–Crippen MR) is 94.4 cm³/mol. The van der Waals surface area contributed by atoms with Gasteiger partial charge in [0.1, 0.15) is 0 Å². The van der Waals surface area contributed by atoms with Crippen molar-refractivity contribution in [1.82, 2.24) is 20.2 Å². The number of nitrogens with one attached hydrogen (secondary N) is 1. The third-order valence-corrected chi connectivity index (χ3v) is 4.38. The molecule has 4 rings (SSSR count). The lowest BCUT2D eigenvalue weighted by Gasteiger charge is -2.11. The molecule has 8 heteroatoms. The Kier molecular flexibility index (Phi) is 3.80. The highest BCUT2D eigenvalue weighted by Crippen LogP contribution is 2.33. The summed E-state index contributed by atoms with van der Waals surface area (Å²) in [6, 6.07) is 3.71. The summed E-state index contributed by atoms with van der Waals surface area (Å²) >= 11 is 0. The fraction of sp³-hybridized carbons (Fsp3) is 0.222. The Bertz CT molecular complexity index is 985. The first-order valence-electron chi connectivity index (χ1n) is 8.02. The van der Waals surface area contributed by atoms with Gasteiger partial charge in [-0.05, 0) is 24.6 Å². The monoisotopic (exact) mass is 351 g/mol. The van der Waals surface area contributed by atoms with Gasteiger partial charge in [0.2, 0.25) is 0 Å². The molecule has 0 aromatic carbocycles. The highest BCUT2D eigenvalue weighted by Gasteiger charge is 2.32. The molecule has 0 atom stereocenters. The average Bonchev–Trinajstić information content (AvgIpc) is 3.29. The van der Waals surface area contributed by atoms with Crippen LogP contribution in [0, 0.1) is 6.92 Å². The van der Waals surface area contributed by atoms with Crippen LogP contribution in [0.15, 0.2) is 30.7 Å². The van der Waals surface area contributed by atoms with Crippen molar-refractivity contribution >= 4 is 11.6 Å². The molecule has 0 radical (unpaired) electrons. The molecule has 132 valence electrons. The van der Waals surface area contributed by atoms with Crippen molar-refractivity contribution < 1.29 is 14.3 Å². The lowest BCUT2D eigenvalue weighted by molar-refractivity contribution is 0.0996. The van der Waals surface area contributed by atoms with E-state index in [1.54, 1.807) is 37.7 Å². The standard InChI is InChI=1S/C18H17N5O3/c1-10-4-13(11-5-15(25-2)17(26-3)19-6-11)22-14-9-23(18(24)16(10)14)12-7-20-21-8-12/h4-8H,9H2,1-3H3,(H,20,21). The second kappa shape index (κ2) is 6.14. The van der Waals surface area contributed by atoms with Crippen molar-refractivity contribution in [2.45, 2.75) is 13.5 Å². The number of methoxy groups -OCH3 is 2. The van der Waals surface area contributed by atoms with Crippen LogP contribution in [-0.4, -0.2) is 40.3 Å². The number of amides is 1. The molecule has 1 aliphatic heterocycles. The Hall–Kier alpha value is -3.42. The molecule has 4 heterocycles. The summed E-state index contributed by atoms with van der Waals surface area (Å²) in [4.78, 5) is 23.4. The first kappa shape index (κ1) is 16.1. The van der Waals surface area contributed by atoms with Crippen LogP contribution >= 0.6 is 0 Å². The van der Waals surface area contributed by atoms with Gasteiger partial charge in [-0.15, -0.1) is 0 Å². The van der Waals surface area contributed by atoms with Crippen molar-refractivity contribution in [1.29, 1.82) is 0 Å². The number of rotatable bonds is 4. The molecule has 3 aromatic heterocycles. The van der Waals surface area contributed by atoms with Crippen LogP contribution in [0.5, 0.6) is 11.6 Å². The van der Waals surface area contributed by atoms with Gasteiger partial charge in [-0.3, -0.25) is 19.8 Å². The molecule has 0 saturated carbocycles. The van der Waals surface area contributed by atoms with Crippen LogP contribution in [0.1, 0.15) is 21.6 Å². The molecule has 0 bridgehead atoms. The van der Waals surface area contributed by atoms with Gasteiger partial charge in [-0.25, -0.2) is 4.98 Å². The molecule has 0 saturated heterocycles. The number of pyridine rings is 2. The highest BCUT2D eigenvalue weighted by atomic mass is 16.5. The minimum atomic E-state index is -0.0663. The zero-order valence-corrected chi connectivity index (χ0v) is 14.6. The van der Waals surface area contributed by atoms with Crippen LogP contribution in [0.2, 0.25) is 0 Å². The zero-order chi connectivity index (χ0) is 18.3. The Labute approximate surface area is 149 Å². The number of aromatic amines is 1. The number of hydrogen-bond donors (Lipinski definition) is 1. The number of anilines is 1. The fourth-order valence-corrected chi connectivity index (χ4v) is 3.12. The number of nitrogens with zero attached hydrogens (tertiary/aromatic N) is 4. The molecular formula is C18H17N5O3. The Morgan fingerprint density at radius 1 is 1.19 bits per heavy atom. The molecule has 8 nitrogen and oxygen atoms in total. The second-order valence-electron chi connectivity index (χ2n) is 5.93. The van der Waals surface area contributed by atoms with Crippen molar-refractivity contribution in [3.05, 3.63) is 47.5 Å². The second-order valence-corrected chi connectivity index (χ2v) is 5.93. The number of aryl methyl sites for hydroxylation is 1. The molecule has 0 spiro atoms. The number of carbonyl (C=O) groups is 1. The molecule has 3 aromatic rings. The summed E-state index contributed by atoms with van der Waals surface area (Å²) in [5.41, 5.74) is 4.50. The van der Waals surface area contributed by atoms with E-state index in [0.717, 1.165) is 28.2 Å². The van der Waals surface area contributed by atoms with Crippen molar-refractivity contribution in [2.24, 2.45) is 0 Å². The molecular weight excluding hydrogens is 334 g/mol. The maximum Gasteiger partial charge on any atom is 0.260 e. The summed E-state index contributed by atoms with van der Waals surface area (Å²) in [5, 5.41) is 6.64. The minimum absolute atomic E-state index is 0.0663. The molecule has 0 unspecified atom stereocenters. The summed E-state index contributed by atoms with van der Waals surface area (Å²) in [6.07, 6.45) is 5.00. The molecule has 1 aliphatic rings. The van der Waals surface area contributed by atoms with Crippen LogP contribution < -0.4 is 14.4 Å². The van der Waals surface area contributed by atoms with Gasteiger partial charge in [0, 0.05) is 18.0 Å². The third kappa shape index (κ3) is 2.46. The lowest BCUT2D eigenvalue weighted by Crippen LogP contribution is -2.22. The lowest BCUT2D eigenvalue weighted by atomic mass is 10.1. The number of carbonyl (C=O) groups excluding carboxylic acids is 1. The summed E-state index contributed by atoms with van der Waals surface area (Å²) in [5.74, 6) is 0.875. The Balaban J connectivity index is 1.76. The van der Waals surface area contributed by atoms with E-state index < -0.39 is 0 Å². The summed E-state index contributed by atoms with van der Waals surface area (Å²) in [6.45, 7) is 2.32. The van der Waals surface area contributed by atoms with Gasteiger partial charge in [-0.1, -0.05) is 0 Å². The predicted octanol–water partition coefficient (Wildman–Crippen LogP) is 2.35. The average molecular weight is 351 g/mol. The number of H-pyrrole nitrogens is 1. The quantitative estimate of drug-likeness (QED) is 0.775. The smallest absolute Gasteiger partial charge is 0.260 e. The summed E-state index contributed by atoms with van der Waals surface area (Å²) in [7, 11) is 3.10. The minimum Gasteiger partial charge on any atom is -0.491 e. The van der Waals surface area contributed by atoms with Gasteiger partial charge in [0.25, 0.3) is 11.8 Å². The van der Waals surface area contributed by atoms with E-state index in [1.165, 1.54) is 0 Å². The number of hydrogen-bond acceptors (Lipinski definition) is 6. The van der Waals surface area contributed by atoms with Gasteiger partial charge in [0.05, 0.1) is 49.6 Å². The van der Waals surface area contributed by atoms with E-state index in [1.807, 2.05) is 19.1 Å². The van der Waals surface area contributed by atoms with Crippen LogP contribution in [-0.2, 0) is 6.54 Å². The van der Waals surface area contributed by atoms with E-state index in [0.29, 0.717) is 23.7 Å². The molecule has 0 aliphatic carbocycles. The van der Waals surface area contributed by atoms with Gasteiger partial charge in [0.15, 0.2) is 5.75 Å². The zero-order valence-electron chi connectivity index (χ0n) is 14.6. The maximum absolute atomic E-state index is 12.7. The first-order valence-corrected chi connectivity index (χ1v) is 8.02. The van der Waals surface area contributed by atoms with Crippen molar-refractivity contribution in [2.75, 3.05) is 19.1 Å². The molecule has 1 N–H and O–H groups in total. The Morgan fingerprint density at radius 2 is 2.04 bits per heavy atom. The van der Waals surface area contributed by atoms with Gasteiger partial charge >= 0.3 is 0 Å².